The van der Waals surface area contributed by atoms with E-state index in [4.69, 9.17) is 0 Å². The van der Waals surface area contributed by atoms with Crippen molar-refractivity contribution in [1.29, 1.82) is 0 Å². The first-order chi connectivity index (χ1) is 7.61. The molecule has 0 spiro atoms. The lowest BCUT2D eigenvalue weighted by atomic mass is 9.97. The van der Waals surface area contributed by atoms with Gasteiger partial charge in [0, 0.05) is 13.2 Å². The monoisotopic (exact) mass is 216 g/mol. The molecule has 3 nitrogen and oxygen atoms in total. The van der Waals surface area contributed by atoms with Gasteiger partial charge < -0.3 is 5.11 Å². The van der Waals surface area contributed by atoms with Crippen LogP contribution in [0.2, 0.25) is 0 Å². The van der Waals surface area contributed by atoms with Crippen molar-refractivity contribution >= 4 is 0 Å². The van der Waals surface area contributed by atoms with E-state index in [-0.39, 0.29) is 0 Å². The predicted octanol–water partition coefficient (Wildman–Crippen LogP) is 2.12. The van der Waals surface area contributed by atoms with E-state index >= 15 is 0 Å². The van der Waals surface area contributed by atoms with Gasteiger partial charge in [-0.05, 0) is 36.6 Å². The van der Waals surface area contributed by atoms with Crippen LogP contribution < -0.4 is 0 Å². The van der Waals surface area contributed by atoms with Crippen LogP contribution in [0.25, 0.3) is 0 Å². The summed E-state index contributed by atoms with van der Waals surface area (Å²) in [6.07, 6.45) is 1.09. The van der Waals surface area contributed by atoms with E-state index in [9.17, 15) is 5.11 Å². The van der Waals surface area contributed by atoms with Gasteiger partial charge in [-0.15, -0.1) is 0 Å². The standard InChI is InChI=1S/C13H16N2O/c1-9-5-4-6-11(10(9)2)13(16)12-7-8-14-15(12)3/h4-8,13,16H,1-3H3. The van der Waals surface area contributed by atoms with Gasteiger partial charge in [0.2, 0.25) is 0 Å². The summed E-state index contributed by atoms with van der Waals surface area (Å²) < 4.78 is 1.70. The number of aliphatic hydroxyl groups excluding tert-OH is 1. The van der Waals surface area contributed by atoms with Crippen molar-refractivity contribution in [2.24, 2.45) is 7.05 Å². The largest absolute Gasteiger partial charge is 0.382 e. The Bertz CT molecular complexity index is 502. The van der Waals surface area contributed by atoms with E-state index < -0.39 is 6.10 Å². The summed E-state index contributed by atoms with van der Waals surface area (Å²) in [5, 5.41) is 14.4. The average Bonchev–Trinajstić information content (AvgIpc) is 2.68. The molecule has 3 heteroatoms. The molecule has 1 aromatic heterocycles. The van der Waals surface area contributed by atoms with Crippen LogP contribution in [-0.4, -0.2) is 14.9 Å². The molecule has 16 heavy (non-hydrogen) atoms. The third kappa shape index (κ3) is 1.74. The lowest BCUT2D eigenvalue weighted by molar-refractivity contribution is 0.209. The highest BCUT2D eigenvalue weighted by atomic mass is 16.3. The van der Waals surface area contributed by atoms with E-state index in [1.807, 2.05) is 32.2 Å². The molecule has 1 aromatic carbocycles. The van der Waals surface area contributed by atoms with Gasteiger partial charge in [0.1, 0.15) is 6.10 Å². The average molecular weight is 216 g/mol. The van der Waals surface area contributed by atoms with Gasteiger partial charge in [0.15, 0.2) is 0 Å². The first-order valence-corrected chi connectivity index (χ1v) is 5.33. The maximum absolute atomic E-state index is 10.3. The van der Waals surface area contributed by atoms with Crippen LogP contribution in [-0.2, 0) is 7.05 Å². The van der Waals surface area contributed by atoms with Gasteiger partial charge in [0.05, 0.1) is 5.69 Å². The van der Waals surface area contributed by atoms with Gasteiger partial charge in [-0.2, -0.15) is 5.10 Å². The molecule has 0 bridgehead atoms. The molecule has 1 N–H and O–H groups in total. The molecule has 1 heterocycles. The Labute approximate surface area is 95.3 Å². The maximum atomic E-state index is 10.3. The third-order valence-corrected chi connectivity index (χ3v) is 3.08. The molecule has 2 aromatic rings. The van der Waals surface area contributed by atoms with Gasteiger partial charge in [-0.1, -0.05) is 18.2 Å². The van der Waals surface area contributed by atoms with Gasteiger partial charge >= 0.3 is 0 Å². The third-order valence-electron chi connectivity index (χ3n) is 3.08. The highest BCUT2D eigenvalue weighted by molar-refractivity contribution is 5.37. The molecule has 0 fully saturated rings. The SMILES string of the molecule is Cc1cccc(C(O)c2ccnn2C)c1C. The fourth-order valence-corrected chi connectivity index (χ4v) is 1.88. The molecule has 0 radical (unpaired) electrons. The van der Waals surface area contributed by atoms with Crippen LogP contribution in [0.15, 0.2) is 30.5 Å². The zero-order chi connectivity index (χ0) is 11.7. The zero-order valence-electron chi connectivity index (χ0n) is 9.81. The highest BCUT2D eigenvalue weighted by Gasteiger charge is 2.16. The number of rotatable bonds is 2. The second-order valence-corrected chi connectivity index (χ2v) is 4.07. The highest BCUT2D eigenvalue weighted by Crippen LogP contribution is 2.25. The van der Waals surface area contributed by atoms with Gasteiger partial charge in [-0.25, -0.2) is 0 Å². The van der Waals surface area contributed by atoms with Crippen LogP contribution in [0.5, 0.6) is 0 Å². The molecule has 0 aliphatic rings. The van der Waals surface area contributed by atoms with Crippen molar-refractivity contribution in [1.82, 2.24) is 9.78 Å². The Morgan fingerprint density at radius 1 is 1.25 bits per heavy atom. The second-order valence-electron chi connectivity index (χ2n) is 4.07. The maximum Gasteiger partial charge on any atom is 0.121 e. The summed E-state index contributed by atoms with van der Waals surface area (Å²) in [6, 6.07) is 7.82. The molecule has 1 atom stereocenters. The molecule has 0 saturated carbocycles. The fraction of sp³-hybridized carbons (Fsp3) is 0.308. The molecule has 1 unspecified atom stereocenters. The Balaban J connectivity index is 2.46. The van der Waals surface area contributed by atoms with Crippen LogP contribution in [0.1, 0.15) is 28.5 Å². The van der Waals surface area contributed by atoms with Crippen LogP contribution in [0.3, 0.4) is 0 Å². The fourth-order valence-electron chi connectivity index (χ4n) is 1.88. The van der Waals surface area contributed by atoms with Gasteiger partial charge in [0.25, 0.3) is 0 Å². The Hall–Kier alpha value is -1.61. The lowest BCUT2D eigenvalue weighted by Gasteiger charge is -2.15. The summed E-state index contributed by atoms with van der Waals surface area (Å²) >= 11 is 0. The van der Waals surface area contributed by atoms with E-state index in [1.54, 1.807) is 10.9 Å². The number of hydrogen-bond acceptors (Lipinski definition) is 2. The summed E-state index contributed by atoms with van der Waals surface area (Å²) in [6.45, 7) is 4.08. The van der Waals surface area contributed by atoms with Crippen molar-refractivity contribution in [2.75, 3.05) is 0 Å². The first kappa shape index (κ1) is 10.9. The molecule has 0 aliphatic carbocycles. The zero-order valence-corrected chi connectivity index (χ0v) is 9.81. The van der Waals surface area contributed by atoms with Crippen LogP contribution >= 0.6 is 0 Å². The van der Waals surface area contributed by atoms with Crippen LogP contribution in [0.4, 0.5) is 0 Å². The van der Waals surface area contributed by atoms with E-state index in [2.05, 4.69) is 18.1 Å². The molecule has 84 valence electrons. The number of benzene rings is 1. The summed E-state index contributed by atoms with van der Waals surface area (Å²) in [7, 11) is 1.84. The number of hydrogen-bond donors (Lipinski definition) is 1. The van der Waals surface area contributed by atoms with Crippen molar-refractivity contribution in [3.8, 4) is 0 Å². The molecule has 2 rings (SSSR count). The lowest BCUT2D eigenvalue weighted by Crippen LogP contribution is -2.08. The summed E-state index contributed by atoms with van der Waals surface area (Å²) in [5.41, 5.74) is 4.09. The Morgan fingerprint density at radius 2 is 2.00 bits per heavy atom. The van der Waals surface area contributed by atoms with Crippen molar-refractivity contribution in [2.45, 2.75) is 20.0 Å². The normalized spacial score (nSPS) is 12.8. The first-order valence-electron chi connectivity index (χ1n) is 5.33. The molecule has 0 saturated heterocycles. The molecular formula is C13H16N2O. The second kappa shape index (κ2) is 4.10. The van der Waals surface area contributed by atoms with Gasteiger partial charge in [-0.3, -0.25) is 4.68 Å². The Morgan fingerprint density at radius 3 is 2.62 bits per heavy atom. The van der Waals surface area contributed by atoms with Crippen molar-refractivity contribution in [3.05, 3.63) is 52.8 Å². The van der Waals surface area contributed by atoms with Crippen molar-refractivity contribution < 1.29 is 5.11 Å². The molecular weight excluding hydrogens is 200 g/mol. The number of aromatic nitrogens is 2. The predicted molar refractivity (Wildman–Crippen MR) is 63.2 cm³/mol. The minimum absolute atomic E-state index is 0.604. The van der Waals surface area contributed by atoms with Crippen LogP contribution in [0, 0.1) is 13.8 Å². The minimum atomic E-state index is -0.604. The minimum Gasteiger partial charge on any atom is -0.382 e. The number of aryl methyl sites for hydroxylation is 2. The summed E-state index contributed by atoms with van der Waals surface area (Å²) in [5.74, 6) is 0. The van der Waals surface area contributed by atoms with E-state index in [1.165, 1.54) is 5.56 Å². The summed E-state index contributed by atoms with van der Waals surface area (Å²) in [4.78, 5) is 0. The van der Waals surface area contributed by atoms with E-state index in [0.29, 0.717) is 0 Å². The Kier molecular flexibility index (Phi) is 2.79. The van der Waals surface area contributed by atoms with Crippen molar-refractivity contribution in [3.63, 3.8) is 0 Å². The molecule has 0 amide bonds. The quantitative estimate of drug-likeness (QED) is 0.835. The topological polar surface area (TPSA) is 38.1 Å². The number of aliphatic hydroxyl groups is 1. The van der Waals surface area contributed by atoms with E-state index in [0.717, 1.165) is 16.8 Å². The molecule has 0 aliphatic heterocycles. The number of nitrogens with zero attached hydrogens (tertiary/aromatic N) is 2. The smallest absolute Gasteiger partial charge is 0.121 e.